The molecule has 0 unspecified atom stereocenters. The van der Waals surface area contributed by atoms with Gasteiger partial charge in [-0.3, -0.25) is 4.79 Å². The van der Waals surface area contributed by atoms with E-state index in [0.717, 1.165) is 17.5 Å². The number of amides is 1. The first-order valence-electron chi connectivity index (χ1n) is 5.97. The number of phenols is 1. The fourth-order valence-corrected chi connectivity index (χ4v) is 1.94. The van der Waals surface area contributed by atoms with Gasteiger partial charge in [-0.05, 0) is 30.7 Å². The molecule has 18 heavy (non-hydrogen) atoms. The van der Waals surface area contributed by atoms with Crippen LogP contribution in [0.25, 0.3) is 10.9 Å². The van der Waals surface area contributed by atoms with Gasteiger partial charge in [0.1, 0.15) is 5.75 Å². The van der Waals surface area contributed by atoms with Gasteiger partial charge < -0.3 is 21.1 Å². The standard InChI is InChI=1S/C13H17N3O2/c14-5-2-6-15-12(18)7-9-8-16-10-3-1-4-11(17)13(9)10/h1,3-4,8,16-17H,2,5-7,14H2,(H,15,18). The van der Waals surface area contributed by atoms with Crippen LogP contribution < -0.4 is 11.1 Å². The molecule has 0 aliphatic carbocycles. The molecule has 1 heterocycles. The molecule has 0 bridgehead atoms. The number of nitrogens with two attached hydrogens (primary N) is 1. The third-order valence-corrected chi connectivity index (χ3v) is 2.82. The zero-order valence-corrected chi connectivity index (χ0v) is 10.1. The number of phenolic OH excluding ortho intramolecular Hbond substituents is 1. The Kier molecular flexibility index (Phi) is 3.84. The van der Waals surface area contributed by atoms with Crippen LogP contribution in [0.1, 0.15) is 12.0 Å². The first-order valence-corrected chi connectivity index (χ1v) is 5.97. The minimum Gasteiger partial charge on any atom is -0.507 e. The van der Waals surface area contributed by atoms with Gasteiger partial charge in [0.15, 0.2) is 0 Å². The summed E-state index contributed by atoms with van der Waals surface area (Å²) < 4.78 is 0. The number of nitrogens with one attached hydrogen (secondary N) is 2. The van der Waals surface area contributed by atoms with E-state index in [1.807, 2.05) is 6.07 Å². The van der Waals surface area contributed by atoms with Crippen molar-refractivity contribution in [1.82, 2.24) is 10.3 Å². The predicted octanol–water partition coefficient (Wildman–Crippen LogP) is 0.881. The van der Waals surface area contributed by atoms with Gasteiger partial charge >= 0.3 is 0 Å². The summed E-state index contributed by atoms with van der Waals surface area (Å²) in [6.45, 7) is 1.15. The van der Waals surface area contributed by atoms with Crippen LogP contribution in [0, 0.1) is 0 Å². The molecule has 2 rings (SSSR count). The minimum absolute atomic E-state index is 0.0624. The van der Waals surface area contributed by atoms with Gasteiger partial charge in [0.05, 0.1) is 6.42 Å². The fourth-order valence-electron chi connectivity index (χ4n) is 1.94. The summed E-state index contributed by atoms with van der Waals surface area (Å²) in [7, 11) is 0. The normalized spacial score (nSPS) is 10.7. The van der Waals surface area contributed by atoms with Crippen LogP contribution in [0.15, 0.2) is 24.4 Å². The molecule has 1 aromatic heterocycles. The zero-order chi connectivity index (χ0) is 13.0. The van der Waals surface area contributed by atoms with Crippen molar-refractivity contribution in [2.45, 2.75) is 12.8 Å². The van der Waals surface area contributed by atoms with E-state index in [2.05, 4.69) is 10.3 Å². The molecule has 0 fully saturated rings. The molecule has 0 aliphatic rings. The molecule has 1 amide bonds. The molecular weight excluding hydrogens is 230 g/mol. The van der Waals surface area contributed by atoms with Crippen molar-refractivity contribution in [2.24, 2.45) is 5.73 Å². The summed E-state index contributed by atoms with van der Waals surface area (Å²) in [4.78, 5) is 14.7. The smallest absolute Gasteiger partial charge is 0.224 e. The first kappa shape index (κ1) is 12.4. The topological polar surface area (TPSA) is 91.1 Å². The number of hydrogen-bond donors (Lipinski definition) is 4. The molecule has 0 saturated heterocycles. The second-order valence-corrected chi connectivity index (χ2v) is 4.18. The van der Waals surface area contributed by atoms with E-state index < -0.39 is 0 Å². The van der Waals surface area contributed by atoms with Crippen LogP contribution in [0.3, 0.4) is 0 Å². The highest BCUT2D eigenvalue weighted by molar-refractivity contribution is 5.92. The van der Waals surface area contributed by atoms with Crippen LogP contribution in [-0.4, -0.2) is 29.1 Å². The number of benzene rings is 1. The second-order valence-electron chi connectivity index (χ2n) is 4.18. The maximum Gasteiger partial charge on any atom is 0.224 e. The fraction of sp³-hybridized carbons (Fsp3) is 0.308. The van der Waals surface area contributed by atoms with Crippen LogP contribution >= 0.6 is 0 Å². The van der Waals surface area contributed by atoms with E-state index >= 15 is 0 Å². The van der Waals surface area contributed by atoms with Crippen molar-refractivity contribution in [3.63, 3.8) is 0 Å². The third-order valence-electron chi connectivity index (χ3n) is 2.82. The number of carbonyl (C=O) groups excluding carboxylic acids is 1. The zero-order valence-electron chi connectivity index (χ0n) is 10.1. The maximum absolute atomic E-state index is 11.7. The highest BCUT2D eigenvalue weighted by atomic mass is 16.3. The lowest BCUT2D eigenvalue weighted by atomic mass is 10.1. The van der Waals surface area contributed by atoms with Crippen molar-refractivity contribution in [1.29, 1.82) is 0 Å². The van der Waals surface area contributed by atoms with Crippen molar-refractivity contribution in [3.05, 3.63) is 30.0 Å². The third kappa shape index (κ3) is 2.62. The van der Waals surface area contributed by atoms with E-state index in [4.69, 9.17) is 5.73 Å². The van der Waals surface area contributed by atoms with Gasteiger partial charge in [-0.25, -0.2) is 0 Å². The lowest BCUT2D eigenvalue weighted by Crippen LogP contribution is -2.27. The van der Waals surface area contributed by atoms with E-state index in [-0.39, 0.29) is 18.1 Å². The molecule has 1 aromatic carbocycles. The Balaban J connectivity index is 2.10. The van der Waals surface area contributed by atoms with Crippen LogP contribution in [0.2, 0.25) is 0 Å². The molecule has 0 spiro atoms. The number of aromatic amines is 1. The minimum atomic E-state index is -0.0624. The lowest BCUT2D eigenvalue weighted by Gasteiger charge is -2.04. The molecule has 2 aromatic rings. The van der Waals surface area contributed by atoms with Gasteiger partial charge in [-0.1, -0.05) is 6.07 Å². The molecule has 96 valence electrons. The van der Waals surface area contributed by atoms with Gasteiger partial charge in [-0.2, -0.15) is 0 Å². The van der Waals surface area contributed by atoms with E-state index in [0.29, 0.717) is 18.5 Å². The number of H-pyrrole nitrogens is 1. The highest BCUT2D eigenvalue weighted by Crippen LogP contribution is 2.27. The molecule has 5 N–H and O–H groups in total. The molecule has 5 nitrogen and oxygen atoms in total. The Labute approximate surface area is 105 Å². The van der Waals surface area contributed by atoms with Crippen LogP contribution in [0.5, 0.6) is 5.75 Å². The van der Waals surface area contributed by atoms with E-state index in [1.165, 1.54) is 0 Å². The molecule has 0 aliphatic heterocycles. The lowest BCUT2D eigenvalue weighted by molar-refractivity contribution is -0.120. The largest absolute Gasteiger partial charge is 0.507 e. The molecular formula is C13H17N3O2. The first-order chi connectivity index (χ1) is 8.72. The molecule has 0 saturated carbocycles. The Morgan fingerprint density at radius 2 is 2.28 bits per heavy atom. The van der Waals surface area contributed by atoms with Gasteiger partial charge in [0.25, 0.3) is 0 Å². The second kappa shape index (κ2) is 5.55. The Bertz CT molecular complexity index is 548. The monoisotopic (exact) mass is 247 g/mol. The molecule has 0 atom stereocenters. The van der Waals surface area contributed by atoms with Gasteiger partial charge in [0.2, 0.25) is 5.91 Å². The average Bonchev–Trinajstić information content (AvgIpc) is 2.74. The highest BCUT2D eigenvalue weighted by Gasteiger charge is 2.11. The van der Waals surface area contributed by atoms with Crippen molar-refractivity contribution >= 4 is 16.8 Å². The van der Waals surface area contributed by atoms with Crippen molar-refractivity contribution < 1.29 is 9.90 Å². The number of aromatic nitrogens is 1. The number of aromatic hydroxyl groups is 1. The SMILES string of the molecule is NCCCNC(=O)Cc1c[nH]c2cccc(O)c12. The quantitative estimate of drug-likeness (QED) is 0.591. The Morgan fingerprint density at radius 1 is 1.44 bits per heavy atom. The molecule has 5 heteroatoms. The van der Waals surface area contributed by atoms with E-state index in [9.17, 15) is 9.90 Å². The summed E-state index contributed by atoms with van der Waals surface area (Å²) >= 11 is 0. The summed E-state index contributed by atoms with van der Waals surface area (Å²) in [6, 6.07) is 5.25. The Morgan fingerprint density at radius 3 is 3.06 bits per heavy atom. The van der Waals surface area contributed by atoms with Crippen molar-refractivity contribution in [2.75, 3.05) is 13.1 Å². The number of carbonyl (C=O) groups is 1. The summed E-state index contributed by atoms with van der Waals surface area (Å²) in [5, 5.41) is 13.3. The molecule has 0 radical (unpaired) electrons. The maximum atomic E-state index is 11.7. The number of hydrogen-bond acceptors (Lipinski definition) is 3. The van der Waals surface area contributed by atoms with Gasteiger partial charge in [0, 0.05) is 23.6 Å². The predicted molar refractivity (Wildman–Crippen MR) is 70.3 cm³/mol. The van der Waals surface area contributed by atoms with Crippen LogP contribution in [-0.2, 0) is 11.2 Å². The Hall–Kier alpha value is -2.01. The van der Waals surface area contributed by atoms with Crippen LogP contribution in [0.4, 0.5) is 0 Å². The summed E-state index contributed by atoms with van der Waals surface area (Å²) in [6.07, 6.45) is 2.78. The number of fused-ring (bicyclic) bond motifs is 1. The van der Waals surface area contributed by atoms with Gasteiger partial charge in [-0.15, -0.1) is 0 Å². The summed E-state index contributed by atoms with van der Waals surface area (Å²) in [5.74, 6) is 0.131. The average molecular weight is 247 g/mol. The number of rotatable bonds is 5. The van der Waals surface area contributed by atoms with E-state index in [1.54, 1.807) is 18.3 Å². The summed E-state index contributed by atoms with van der Waals surface area (Å²) in [5.41, 5.74) is 6.99. The van der Waals surface area contributed by atoms with Crippen molar-refractivity contribution in [3.8, 4) is 5.75 Å².